The molecule has 1 aliphatic rings. The third-order valence-electron chi connectivity index (χ3n) is 4.60. The summed E-state index contributed by atoms with van der Waals surface area (Å²) in [6, 6.07) is 8.25. The second-order valence-corrected chi connectivity index (χ2v) is 8.67. The predicted octanol–water partition coefficient (Wildman–Crippen LogP) is 1.96. The van der Waals surface area contributed by atoms with Gasteiger partial charge in [-0.2, -0.15) is 14.8 Å². The number of benzene rings is 1. The number of anilines is 2. The maximum Gasteiger partial charge on any atom is 0.295 e. The van der Waals surface area contributed by atoms with Gasteiger partial charge >= 0.3 is 0 Å². The largest absolute Gasteiger partial charge is 0.318 e. The van der Waals surface area contributed by atoms with E-state index in [1.807, 2.05) is 13.8 Å². The zero-order chi connectivity index (χ0) is 21.0. The Morgan fingerprint density at radius 2 is 2.00 bits per heavy atom. The van der Waals surface area contributed by atoms with Crippen molar-refractivity contribution in [3.63, 3.8) is 0 Å². The van der Waals surface area contributed by atoms with Gasteiger partial charge in [0.15, 0.2) is 5.65 Å². The van der Waals surface area contributed by atoms with Crippen molar-refractivity contribution in [2.45, 2.75) is 24.8 Å². The zero-order valence-corrected chi connectivity index (χ0v) is 16.8. The quantitative estimate of drug-likeness (QED) is 0.513. The molecule has 4 heterocycles. The van der Waals surface area contributed by atoms with E-state index >= 15 is 0 Å². The van der Waals surface area contributed by atoms with Gasteiger partial charge in [0.25, 0.3) is 15.9 Å². The summed E-state index contributed by atoms with van der Waals surface area (Å²) in [5.74, 6) is -0.820. The highest BCUT2D eigenvalue weighted by Gasteiger charge is 2.31. The molecule has 0 fully saturated rings. The molecule has 0 bridgehead atoms. The normalized spacial score (nSPS) is 14.2. The zero-order valence-electron chi connectivity index (χ0n) is 15.9. The van der Waals surface area contributed by atoms with E-state index in [1.54, 1.807) is 35.1 Å². The maximum atomic E-state index is 12.7. The van der Waals surface area contributed by atoms with Gasteiger partial charge < -0.3 is 5.32 Å². The molecule has 0 spiro atoms. The maximum absolute atomic E-state index is 12.7. The molecule has 2 N–H and O–H groups in total. The molecule has 1 aromatic carbocycles. The molecule has 12 heteroatoms. The number of pyridine rings is 1. The number of rotatable bonds is 3. The number of sulfonamides is 1. The van der Waals surface area contributed by atoms with Crippen molar-refractivity contribution >= 4 is 38.6 Å². The highest BCUT2D eigenvalue weighted by Crippen LogP contribution is 2.29. The van der Waals surface area contributed by atoms with E-state index in [9.17, 15) is 13.2 Å². The van der Waals surface area contributed by atoms with Crippen LogP contribution in [0.1, 0.15) is 30.5 Å². The average Bonchev–Trinajstić information content (AvgIpc) is 3.31. The number of amides is 1. The van der Waals surface area contributed by atoms with Gasteiger partial charge in [0.1, 0.15) is 4.90 Å². The van der Waals surface area contributed by atoms with Gasteiger partial charge in [0.2, 0.25) is 11.8 Å². The minimum atomic E-state index is -3.78. The summed E-state index contributed by atoms with van der Waals surface area (Å²) in [5.41, 5.74) is 1.48. The Labute approximate surface area is 170 Å². The minimum Gasteiger partial charge on any atom is -0.318 e. The smallest absolute Gasteiger partial charge is 0.295 e. The molecule has 11 nitrogen and oxygen atoms in total. The minimum absolute atomic E-state index is 0.0503. The number of carbonyl (C=O) groups is 1. The van der Waals surface area contributed by atoms with Gasteiger partial charge in [-0.05, 0) is 32.0 Å². The van der Waals surface area contributed by atoms with Crippen LogP contribution in [0.5, 0.6) is 0 Å². The number of hydrogen-bond donors (Lipinski definition) is 2. The summed E-state index contributed by atoms with van der Waals surface area (Å²) in [4.78, 5) is 21.2. The highest BCUT2D eigenvalue weighted by atomic mass is 32.2. The highest BCUT2D eigenvalue weighted by molar-refractivity contribution is 7.92. The van der Waals surface area contributed by atoms with Crippen molar-refractivity contribution < 1.29 is 13.2 Å². The lowest BCUT2D eigenvalue weighted by Gasteiger charge is -2.17. The topological polar surface area (TPSA) is 137 Å². The van der Waals surface area contributed by atoms with Crippen LogP contribution in [0.4, 0.5) is 11.6 Å². The van der Waals surface area contributed by atoms with E-state index in [4.69, 9.17) is 0 Å². The molecule has 30 heavy (non-hydrogen) atoms. The van der Waals surface area contributed by atoms with Crippen LogP contribution in [-0.2, 0) is 10.0 Å². The molecule has 0 unspecified atom stereocenters. The third-order valence-corrected chi connectivity index (χ3v) is 5.97. The third kappa shape index (κ3) is 2.80. The van der Waals surface area contributed by atoms with Crippen LogP contribution in [0.3, 0.4) is 0 Å². The summed E-state index contributed by atoms with van der Waals surface area (Å²) in [7, 11) is -3.78. The molecule has 0 aliphatic carbocycles. The summed E-state index contributed by atoms with van der Waals surface area (Å²) in [6.07, 6.45) is 3.20. The average molecular weight is 424 g/mol. The molecule has 0 saturated carbocycles. The van der Waals surface area contributed by atoms with Crippen LogP contribution in [0.25, 0.3) is 16.7 Å². The fourth-order valence-electron chi connectivity index (χ4n) is 3.25. The lowest BCUT2D eigenvalue weighted by atomic mass is 10.3. The predicted molar refractivity (Wildman–Crippen MR) is 108 cm³/mol. The van der Waals surface area contributed by atoms with E-state index in [0.29, 0.717) is 17.0 Å². The van der Waals surface area contributed by atoms with Crippen molar-refractivity contribution in [2.75, 3.05) is 10.0 Å². The van der Waals surface area contributed by atoms with Gasteiger partial charge in [-0.15, -0.1) is 5.10 Å². The molecule has 1 aliphatic heterocycles. The molecule has 3 aromatic heterocycles. The molecule has 0 radical (unpaired) electrons. The second kappa shape index (κ2) is 6.35. The number of nitrogens with one attached hydrogen (secondary N) is 2. The van der Waals surface area contributed by atoms with E-state index in [0.717, 1.165) is 5.39 Å². The number of fused-ring (bicyclic) bond motifs is 4. The van der Waals surface area contributed by atoms with Crippen molar-refractivity contribution in [1.29, 1.82) is 0 Å². The van der Waals surface area contributed by atoms with E-state index in [2.05, 4.69) is 30.2 Å². The number of para-hydroxylation sites is 1. The fraction of sp³-hybridized carbons (Fsp3) is 0.167. The molecule has 1 amide bonds. The molecule has 4 aromatic rings. The fourth-order valence-corrected chi connectivity index (χ4v) is 4.42. The van der Waals surface area contributed by atoms with Crippen LogP contribution in [0.2, 0.25) is 0 Å². The summed E-state index contributed by atoms with van der Waals surface area (Å²) >= 11 is 0. The van der Waals surface area contributed by atoms with Gasteiger partial charge in [-0.25, -0.2) is 22.8 Å². The van der Waals surface area contributed by atoms with Crippen LogP contribution < -0.4 is 10.0 Å². The molecular formula is C18H16N8O3S. The second-order valence-electron chi connectivity index (χ2n) is 7.02. The molecule has 5 rings (SSSR count). The van der Waals surface area contributed by atoms with Gasteiger partial charge in [0.05, 0.1) is 23.8 Å². The summed E-state index contributed by atoms with van der Waals surface area (Å²) in [5, 5.41) is 11.9. The van der Waals surface area contributed by atoms with Crippen molar-refractivity contribution in [1.82, 2.24) is 29.5 Å². The van der Waals surface area contributed by atoms with Crippen LogP contribution >= 0.6 is 0 Å². The first kappa shape index (κ1) is 18.2. The first-order valence-corrected chi connectivity index (χ1v) is 10.6. The van der Waals surface area contributed by atoms with E-state index in [1.165, 1.54) is 16.9 Å². The van der Waals surface area contributed by atoms with Gasteiger partial charge in [-0.3, -0.25) is 4.79 Å². The monoisotopic (exact) mass is 424 g/mol. The molecule has 0 atom stereocenters. The molecule has 0 saturated heterocycles. The summed E-state index contributed by atoms with van der Waals surface area (Å²) in [6.45, 7) is 4.00. The van der Waals surface area contributed by atoms with Crippen LogP contribution in [0.15, 0.2) is 47.6 Å². The molecular weight excluding hydrogens is 408 g/mol. The Bertz CT molecular complexity index is 1420. The first-order chi connectivity index (χ1) is 14.3. The van der Waals surface area contributed by atoms with Gasteiger partial charge in [0, 0.05) is 11.4 Å². The summed E-state index contributed by atoms with van der Waals surface area (Å²) < 4.78 is 30.1. The van der Waals surface area contributed by atoms with Crippen LogP contribution in [-0.4, -0.2) is 43.9 Å². The Hall–Kier alpha value is -3.80. The Kier molecular flexibility index (Phi) is 3.86. The van der Waals surface area contributed by atoms with E-state index < -0.39 is 15.9 Å². The van der Waals surface area contributed by atoms with Crippen molar-refractivity contribution in [2.24, 2.45) is 0 Å². The number of carbonyl (C=O) groups excluding carboxylic acids is 1. The molecule has 152 valence electrons. The Morgan fingerprint density at radius 3 is 2.80 bits per heavy atom. The lowest BCUT2D eigenvalue weighted by molar-refractivity contribution is 0.101. The number of nitrogens with zero attached hydrogens (tertiary/aromatic N) is 6. The SMILES string of the molecule is CC(C)n1ncc2cc(NC(=O)c3nc4n(n3)-c3ccccc3S(=O)(=O)N4)cnc21. The standard InChI is InChI=1S/C18H16N8O3S/c1-10(2)25-16-11(8-20-25)7-12(9-19-16)21-17(27)15-22-18-24-30(28,29)14-6-4-3-5-13(14)26(18)23-15/h3-10H,1-2H3,(H,21,27)(H,22,23,24). The first-order valence-electron chi connectivity index (χ1n) is 9.07. The van der Waals surface area contributed by atoms with Crippen molar-refractivity contribution in [3.05, 3.63) is 48.5 Å². The lowest BCUT2D eigenvalue weighted by Crippen LogP contribution is -2.23. The van der Waals surface area contributed by atoms with E-state index in [-0.39, 0.29) is 22.7 Å². The Balaban J connectivity index is 1.47. The Morgan fingerprint density at radius 1 is 1.20 bits per heavy atom. The van der Waals surface area contributed by atoms with Gasteiger partial charge in [-0.1, -0.05) is 12.1 Å². The van der Waals surface area contributed by atoms with Crippen LogP contribution in [0, 0.1) is 0 Å². The number of aromatic nitrogens is 6. The number of hydrogen-bond acceptors (Lipinski definition) is 7. The van der Waals surface area contributed by atoms with Crippen molar-refractivity contribution in [3.8, 4) is 5.69 Å².